The maximum atomic E-state index is 14.8. The van der Waals surface area contributed by atoms with Crippen LogP contribution in [0.15, 0.2) is 35.3 Å². The zero-order chi connectivity index (χ0) is 21.0. The Labute approximate surface area is 167 Å². The molecule has 0 radical (unpaired) electrons. The molecule has 1 saturated heterocycles. The summed E-state index contributed by atoms with van der Waals surface area (Å²) in [6, 6.07) is 4.54. The molecule has 1 fully saturated rings. The number of rotatable bonds is 3. The Balaban J connectivity index is 2.10. The first-order chi connectivity index (χ1) is 13.7. The number of carboxylic acid groups (broad SMARTS) is 1. The van der Waals surface area contributed by atoms with Crippen molar-refractivity contribution < 1.29 is 18.7 Å². The average Bonchev–Trinajstić information content (AvgIpc) is 2.63. The largest absolute Gasteiger partial charge is 0.477 e. The van der Waals surface area contributed by atoms with Gasteiger partial charge in [0.1, 0.15) is 17.2 Å². The van der Waals surface area contributed by atoms with Gasteiger partial charge in [0, 0.05) is 31.0 Å². The number of benzene rings is 2. The van der Waals surface area contributed by atoms with Gasteiger partial charge in [-0.3, -0.25) is 4.79 Å². The van der Waals surface area contributed by atoms with Gasteiger partial charge in [-0.15, -0.1) is 0 Å². The number of aromatic carboxylic acids is 1. The van der Waals surface area contributed by atoms with Crippen molar-refractivity contribution in [2.75, 3.05) is 23.7 Å². The van der Waals surface area contributed by atoms with Crippen LogP contribution >= 0.6 is 11.6 Å². The summed E-state index contributed by atoms with van der Waals surface area (Å²) in [4.78, 5) is 25.8. The Morgan fingerprint density at radius 2 is 1.90 bits per heavy atom. The van der Waals surface area contributed by atoms with E-state index in [0.29, 0.717) is 13.1 Å². The van der Waals surface area contributed by atoms with Crippen molar-refractivity contribution in [3.8, 4) is 5.69 Å². The number of fused-ring (bicyclic) bond motifs is 1. The number of hydrogen-bond donors (Lipinski definition) is 3. The molecule has 0 aliphatic carbocycles. The van der Waals surface area contributed by atoms with Crippen molar-refractivity contribution in [3.63, 3.8) is 0 Å². The van der Waals surface area contributed by atoms with Gasteiger partial charge in [-0.05, 0) is 24.3 Å². The van der Waals surface area contributed by atoms with E-state index in [1.54, 1.807) is 4.90 Å². The molecule has 2 aromatic carbocycles. The summed E-state index contributed by atoms with van der Waals surface area (Å²) < 4.78 is 29.7. The van der Waals surface area contributed by atoms with Crippen molar-refractivity contribution in [2.24, 2.45) is 5.73 Å². The number of aromatic nitrogens is 1. The van der Waals surface area contributed by atoms with Crippen LogP contribution in [0.3, 0.4) is 0 Å². The molecule has 0 atom stereocenters. The molecule has 10 heteroatoms. The fraction of sp³-hybridized carbons (Fsp3) is 0.158. The fourth-order valence-corrected chi connectivity index (χ4v) is 3.83. The number of carboxylic acids is 1. The second-order valence-electron chi connectivity index (χ2n) is 6.84. The van der Waals surface area contributed by atoms with Crippen LogP contribution in [0.4, 0.5) is 20.2 Å². The quantitative estimate of drug-likeness (QED) is 0.560. The normalized spacial score (nSPS) is 14.3. The summed E-state index contributed by atoms with van der Waals surface area (Å²) in [5, 5.41) is 9.11. The summed E-state index contributed by atoms with van der Waals surface area (Å²) in [6.07, 6.45) is 1.06. The van der Waals surface area contributed by atoms with E-state index in [1.165, 1.54) is 16.7 Å². The van der Waals surface area contributed by atoms with Gasteiger partial charge >= 0.3 is 5.97 Å². The maximum absolute atomic E-state index is 14.8. The molecule has 5 N–H and O–H groups in total. The summed E-state index contributed by atoms with van der Waals surface area (Å²) in [5.41, 5.74) is 10.2. The number of carbonyl (C=O) groups is 1. The molecule has 0 amide bonds. The van der Waals surface area contributed by atoms with Gasteiger partial charge in [0.15, 0.2) is 0 Å². The van der Waals surface area contributed by atoms with Crippen molar-refractivity contribution in [2.45, 2.75) is 6.04 Å². The lowest BCUT2D eigenvalue weighted by Gasteiger charge is -2.39. The van der Waals surface area contributed by atoms with Gasteiger partial charge in [-0.1, -0.05) is 11.6 Å². The van der Waals surface area contributed by atoms with Crippen LogP contribution in [0.25, 0.3) is 16.6 Å². The Kier molecular flexibility index (Phi) is 4.44. The topological polar surface area (TPSA) is 115 Å². The third-order valence-electron chi connectivity index (χ3n) is 4.87. The van der Waals surface area contributed by atoms with E-state index >= 15 is 0 Å². The number of nitrogens with two attached hydrogens (primary N) is 2. The van der Waals surface area contributed by atoms with E-state index in [0.717, 1.165) is 18.3 Å². The number of nitrogens with zero attached hydrogens (tertiary/aromatic N) is 2. The predicted molar refractivity (Wildman–Crippen MR) is 106 cm³/mol. The highest BCUT2D eigenvalue weighted by Gasteiger charge is 2.30. The first-order valence-corrected chi connectivity index (χ1v) is 8.93. The van der Waals surface area contributed by atoms with Crippen LogP contribution in [-0.2, 0) is 0 Å². The molecule has 3 aromatic rings. The third kappa shape index (κ3) is 2.99. The molecule has 0 bridgehead atoms. The summed E-state index contributed by atoms with van der Waals surface area (Å²) in [6.45, 7) is 0.756. The maximum Gasteiger partial charge on any atom is 0.341 e. The number of hydrogen-bond acceptors (Lipinski definition) is 5. The van der Waals surface area contributed by atoms with Crippen LogP contribution < -0.4 is 21.8 Å². The van der Waals surface area contributed by atoms with E-state index in [1.807, 2.05) is 0 Å². The van der Waals surface area contributed by atoms with Crippen LogP contribution in [0.1, 0.15) is 10.4 Å². The predicted octanol–water partition coefficient (Wildman–Crippen LogP) is 2.35. The van der Waals surface area contributed by atoms with Gasteiger partial charge in [-0.25, -0.2) is 13.6 Å². The minimum absolute atomic E-state index is 0.0622. The lowest BCUT2D eigenvalue weighted by atomic mass is 10.0. The van der Waals surface area contributed by atoms with Crippen LogP contribution in [-0.4, -0.2) is 34.8 Å². The lowest BCUT2D eigenvalue weighted by molar-refractivity contribution is 0.0695. The van der Waals surface area contributed by atoms with E-state index in [2.05, 4.69) is 0 Å². The first kappa shape index (κ1) is 19.2. The van der Waals surface area contributed by atoms with Crippen LogP contribution in [0.5, 0.6) is 0 Å². The highest BCUT2D eigenvalue weighted by atomic mass is 35.5. The zero-order valence-corrected chi connectivity index (χ0v) is 15.6. The lowest BCUT2D eigenvalue weighted by Crippen LogP contribution is -2.56. The molecular weight excluding hydrogens is 406 g/mol. The number of anilines is 2. The summed E-state index contributed by atoms with van der Waals surface area (Å²) >= 11 is 6.50. The average molecular weight is 421 g/mol. The highest BCUT2D eigenvalue weighted by Crippen LogP contribution is 2.38. The Morgan fingerprint density at radius 1 is 1.21 bits per heavy atom. The molecule has 4 rings (SSSR count). The van der Waals surface area contributed by atoms with E-state index in [-0.39, 0.29) is 39.0 Å². The molecule has 2 heterocycles. The molecule has 7 nitrogen and oxygen atoms in total. The molecule has 1 aliphatic heterocycles. The molecule has 0 unspecified atom stereocenters. The minimum atomic E-state index is -1.49. The van der Waals surface area contributed by atoms with Gasteiger partial charge < -0.3 is 26.0 Å². The molecule has 0 spiro atoms. The smallest absolute Gasteiger partial charge is 0.341 e. The van der Waals surface area contributed by atoms with E-state index in [4.69, 9.17) is 23.1 Å². The summed E-state index contributed by atoms with van der Waals surface area (Å²) in [5.74, 6) is -2.92. The highest BCUT2D eigenvalue weighted by molar-refractivity contribution is 6.38. The second-order valence-corrected chi connectivity index (χ2v) is 7.21. The van der Waals surface area contributed by atoms with Crippen molar-refractivity contribution in [1.82, 2.24) is 4.57 Å². The molecule has 1 aromatic heterocycles. The van der Waals surface area contributed by atoms with Gasteiger partial charge in [-0.2, -0.15) is 0 Å². The van der Waals surface area contributed by atoms with Crippen molar-refractivity contribution in [3.05, 3.63) is 62.9 Å². The molecule has 150 valence electrons. The second kappa shape index (κ2) is 6.71. The van der Waals surface area contributed by atoms with Crippen LogP contribution in [0.2, 0.25) is 5.02 Å². The summed E-state index contributed by atoms with van der Waals surface area (Å²) in [7, 11) is 0. The number of pyridine rings is 1. The number of nitrogen functional groups attached to an aromatic ring is 1. The Morgan fingerprint density at radius 3 is 2.48 bits per heavy atom. The molecule has 1 aliphatic rings. The zero-order valence-electron chi connectivity index (χ0n) is 14.8. The fourth-order valence-electron chi connectivity index (χ4n) is 3.43. The number of halogens is 3. The minimum Gasteiger partial charge on any atom is -0.477 e. The SMILES string of the molecule is Nc1cc(-n2cc(C(=O)O)c(=O)c3cc(F)c(N4CC(N)C4)c(Cl)c32)ccc1F. The van der Waals surface area contributed by atoms with Gasteiger partial charge in [0.25, 0.3) is 0 Å². The van der Waals surface area contributed by atoms with E-state index in [9.17, 15) is 23.5 Å². The molecular formula is C19H15ClF2N4O3. The first-order valence-electron chi connectivity index (χ1n) is 8.55. The Bertz CT molecular complexity index is 1240. The van der Waals surface area contributed by atoms with E-state index < -0.39 is 28.6 Å². The Hall–Kier alpha value is -3.17. The molecule has 29 heavy (non-hydrogen) atoms. The monoisotopic (exact) mass is 420 g/mol. The third-order valence-corrected chi connectivity index (χ3v) is 5.23. The van der Waals surface area contributed by atoms with Crippen molar-refractivity contribution in [1.29, 1.82) is 0 Å². The molecule has 0 saturated carbocycles. The van der Waals surface area contributed by atoms with Crippen LogP contribution in [0, 0.1) is 11.6 Å². The standard InChI is InChI=1S/C19H15ClF2N4O3/c20-15-16-10(4-13(22)17(15)25-5-8(23)6-25)18(27)11(19(28)29)7-26(16)9-1-2-12(21)14(24)3-9/h1-4,7-8H,5-6,23-24H2,(H,28,29). The van der Waals surface area contributed by atoms with Gasteiger partial charge in [0.2, 0.25) is 5.43 Å². The van der Waals surface area contributed by atoms with Gasteiger partial charge in [0.05, 0.1) is 27.3 Å². The van der Waals surface area contributed by atoms with Crippen molar-refractivity contribution >= 4 is 39.8 Å².